The van der Waals surface area contributed by atoms with Crippen LogP contribution in [0.4, 0.5) is 13.2 Å². The summed E-state index contributed by atoms with van der Waals surface area (Å²) in [7, 11) is 2.36. The number of nitrogens with zero attached hydrogens (tertiary/aromatic N) is 4. The third-order valence-electron chi connectivity index (χ3n) is 5.27. The van der Waals surface area contributed by atoms with Crippen molar-refractivity contribution in [3.63, 3.8) is 0 Å². The van der Waals surface area contributed by atoms with Gasteiger partial charge < -0.3 is 14.6 Å². The molecule has 1 N–H and O–H groups in total. The van der Waals surface area contributed by atoms with E-state index in [2.05, 4.69) is 25.8 Å². The number of nitriles is 1. The average molecular weight is 583 g/mol. The fourth-order valence-corrected chi connectivity index (χ4v) is 3.73. The van der Waals surface area contributed by atoms with Crippen molar-refractivity contribution in [1.29, 1.82) is 5.26 Å². The molecular weight excluding hydrogens is 565 g/mol. The van der Waals surface area contributed by atoms with Gasteiger partial charge in [-0.05, 0) is 45.8 Å². The summed E-state index contributed by atoms with van der Waals surface area (Å²) in [6.45, 7) is 0. The minimum atomic E-state index is -2.89. The number of hydrogen-bond donors (Lipinski definition) is 1. The molecule has 14 heteroatoms. The van der Waals surface area contributed by atoms with Crippen molar-refractivity contribution < 1.29 is 37.3 Å². The summed E-state index contributed by atoms with van der Waals surface area (Å²) < 4.78 is 53.5. The highest BCUT2D eigenvalue weighted by Gasteiger charge is 2.29. The first-order chi connectivity index (χ1) is 17.5. The third-order valence-corrected chi connectivity index (χ3v) is 5.89. The Kier molecular flexibility index (Phi) is 8.38. The van der Waals surface area contributed by atoms with E-state index in [0.29, 0.717) is 4.68 Å². The second-order valence-electron chi connectivity index (χ2n) is 7.67. The van der Waals surface area contributed by atoms with Gasteiger partial charge in [-0.3, -0.25) is 9.36 Å². The molecule has 37 heavy (non-hydrogen) atoms. The number of methoxy groups -OCH3 is 1. The van der Waals surface area contributed by atoms with Crippen molar-refractivity contribution in [3.8, 4) is 17.6 Å². The fourth-order valence-electron chi connectivity index (χ4n) is 3.34. The minimum absolute atomic E-state index is 0.0242. The summed E-state index contributed by atoms with van der Waals surface area (Å²) in [4.78, 5) is 35.9. The van der Waals surface area contributed by atoms with E-state index < -0.39 is 47.9 Å². The maximum atomic E-state index is 15.4. The second kappa shape index (κ2) is 11.3. The Morgan fingerprint density at radius 2 is 1.97 bits per heavy atom. The van der Waals surface area contributed by atoms with E-state index in [9.17, 15) is 28.3 Å². The van der Waals surface area contributed by atoms with Crippen LogP contribution in [0.2, 0.25) is 0 Å². The Morgan fingerprint density at radius 3 is 2.57 bits per heavy atom. The standard InChI is InChI=1S/C23H18BrF3N4O6/c1-30-17(29-31(23(30)35)16(22(33)34)9-18(32)36-2)8-12-3-4-15(24)20(19(12)25)37-14-6-11(10-28)5-13(7-14)21(26)27/h3-7,16,21H,8-9H2,1-2H3,(H,33,34). The number of carbonyl (C=O) groups is 2. The molecule has 10 nitrogen and oxygen atoms in total. The van der Waals surface area contributed by atoms with Crippen molar-refractivity contribution in [1.82, 2.24) is 14.3 Å². The molecule has 0 spiro atoms. The maximum Gasteiger partial charge on any atom is 0.346 e. The van der Waals surface area contributed by atoms with E-state index in [1.54, 1.807) is 6.07 Å². The number of esters is 1. The Hall–Kier alpha value is -4.12. The first-order valence-corrected chi connectivity index (χ1v) is 11.2. The molecule has 0 aliphatic rings. The van der Waals surface area contributed by atoms with E-state index in [1.165, 1.54) is 25.2 Å². The molecule has 1 unspecified atom stereocenters. The van der Waals surface area contributed by atoms with Crippen LogP contribution in [0.1, 0.15) is 41.4 Å². The SMILES string of the molecule is COC(=O)CC(C(=O)O)n1nc(Cc2ccc(Br)c(Oc3cc(C#N)cc(C(F)F)c3)c2F)n(C)c1=O. The van der Waals surface area contributed by atoms with Crippen LogP contribution in [-0.2, 0) is 27.8 Å². The Morgan fingerprint density at radius 1 is 1.27 bits per heavy atom. The van der Waals surface area contributed by atoms with Crippen molar-refractivity contribution in [2.75, 3.05) is 7.11 Å². The Bertz CT molecular complexity index is 1460. The molecule has 0 saturated heterocycles. The molecular formula is C23H18BrF3N4O6. The van der Waals surface area contributed by atoms with Crippen molar-refractivity contribution in [2.24, 2.45) is 7.05 Å². The molecule has 1 atom stereocenters. The lowest BCUT2D eigenvalue weighted by molar-refractivity contribution is -0.149. The van der Waals surface area contributed by atoms with Gasteiger partial charge in [0.1, 0.15) is 11.6 Å². The Labute approximate surface area is 215 Å². The minimum Gasteiger partial charge on any atom is -0.480 e. The number of ether oxygens (including phenoxy) is 2. The summed E-state index contributed by atoms with van der Waals surface area (Å²) >= 11 is 3.14. The smallest absolute Gasteiger partial charge is 0.346 e. The van der Waals surface area contributed by atoms with Gasteiger partial charge in [-0.25, -0.2) is 22.8 Å². The van der Waals surface area contributed by atoms with Crippen molar-refractivity contribution >= 4 is 27.9 Å². The number of halogens is 4. The number of rotatable bonds is 9. The molecule has 0 aliphatic carbocycles. The molecule has 0 bridgehead atoms. The molecule has 0 saturated carbocycles. The van der Waals surface area contributed by atoms with Crippen LogP contribution < -0.4 is 10.4 Å². The monoisotopic (exact) mass is 582 g/mol. The first kappa shape index (κ1) is 27.5. The predicted octanol–water partition coefficient (Wildman–Crippen LogP) is 3.86. The molecule has 1 heterocycles. The summed E-state index contributed by atoms with van der Waals surface area (Å²) in [6.07, 6.45) is -3.84. The zero-order valence-electron chi connectivity index (χ0n) is 19.2. The number of hydrogen-bond acceptors (Lipinski definition) is 7. The fraction of sp³-hybridized carbons (Fsp3) is 0.261. The average Bonchev–Trinajstić information content (AvgIpc) is 3.14. The van der Waals surface area contributed by atoms with E-state index in [0.717, 1.165) is 23.8 Å². The molecule has 1 aromatic heterocycles. The summed E-state index contributed by atoms with van der Waals surface area (Å²) in [6, 6.07) is 5.99. The molecule has 0 amide bonds. The predicted molar refractivity (Wildman–Crippen MR) is 124 cm³/mol. The van der Waals surface area contributed by atoms with Crippen LogP contribution in [0, 0.1) is 17.1 Å². The molecule has 0 radical (unpaired) electrons. The van der Waals surface area contributed by atoms with Crippen LogP contribution >= 0.6 is 15.9 Å². The van der Waals surface area contributed by atoms with Crippen LogP contribution in [0.3, 0.4) is 0 Å². The largest absolute Gasteiger partial charge is 0.480 e. The normalized spacial score (nSPS) is 11.7. The van der Waals surface area contributed by atoms with Gasteiger partial charge >= 0.3 is 17.6 Å². The van der Waals surface area contributed by atoms with Crippen LogP contribution in [0.25, 0.3) is 0 Å². The van der Waals surface area contributed by atoms with Crippen molar-refractivity contribution in [3.05, 3.63) is 73.6 Å². The van der Waals surface area contributed by atoms with Gasteiger partial charge in [0.15, 0.2) is 17.6 Å². The number of benzene rings is 2. The summed E-state index contributed by atoms with van der Waals surface area (Å²) in [5, 5.41) is 22.6. The van der Waals surface area contributed by atoms with E-state index in [-0.39, 0.29) is 39.3 Å². The van der Waals surface area contributed by atoms with Gasteiger partial charge in [-0.1, -0.05) is 6.07 Å². The molecule has 0 fully saturated rings. The molecule has 194 valence electrons. The van der Waals surface area contributed by atoms with E-state index in [1.807, 2.05) is 0 Å². The number of carboxylic acids is 1. The van der Waals surface area contributed by atoms with Gasteiger partial charge in [-0.15, -0.1) is 0 Å². The number of carboxylic acid groups (broad SMARTS) is 1. The first-order valence-electron chi connectivity index (χ1n) is 10.4. The number of alkyl halides is 2. The lowest BCUT2D eigenvalue weighted by Gasteiger charge is -2.13. The molecule has 2 aromatic carbocycles. The molecule has 3 aromatic rings. The van der Waals surface area contributed by atoms with Gasteiger partial charge in [-0.2, -0.15) is 15.0 Å². The van der Waals surface area contributed by atoms with E-state index >= 15 is 4.39 Å². The number of carbonyl (C=O) groups excluding carboxylic acids is 1. The summed E-state index contributed by atoms with van der Waals surface area (Å²) in [5.41, 5.74) is -1.47. The van der Waals surface area contributed by atoms with Crippen LogP contribution in [0.15, 0.2) is 39.6 Å². The third kappa shape index (κ3) is 6.00. The Balaban J connectivity index is 1.98. The number of aromatic nitrogens is 3. The maximum absolute atomic E-state index is 15.4. The van der Waals surface area contributed by atoms with Gasteiger partial charge in [0.05, 0.1) is 29.6 Å². The molecule has 3 rings (SSSR count). The molecule has 0 aliphatic heterocycles. The highest BCUT2D eigenvalue weighted by molar-refractivity contribution is 9.10. The number of aliphatic carboxylic acids is 1. The highest BCUT2D eigenvalue weighted by atomic mass is 79.9. The van der Waals surface area contributed by atoms with Crippen molar-refractivity contribution in [2.45, 2.75) is 25.3 Å². The van der Waals surface area contributed by atoms with Gasteiger partial charge in [0, 0.05) is 19.0 Å². The lowest BCUT2D eigenvalue weighted by atomic mass is 10.1. The zero-order valence-corrected chi connectivity index (χ0v) is 20.8. The lowest BCUT2D eigenvalue weighted by Crippen LogP contribution is -2.33. The van der Waals surface area contributed by atoms with Crippen LogP contribution in [0.5, 0.6) is 11.5 Å². The van der Waals surface area contributed by atoms with E-state index in [4.69, 9.17) is 10.00 Å². The highest BCUT2D eigenvalue weighted by Crippen LogP contribution is 2.36. The van der Waals surface area contributed by atoms with Crippen LogP contribution in [-0.4, -0.2) is 38.5 Å². The van der Waals surface area contributed by atoms with Gasteiger partial charge in [0.2, 0.25) is 0 Å². The summed E-state index contributed by atoms with van der Waals surface area (Å²) in [5.74, 6) is -3.88. The quantitative estimate of drug-likeness (QED) is 0.375. The van der Waals surface area contributed by atoms with Gasteiger partial charge in [0.25, 0.3) is 6.43 Å². The second-order valence-corrected chi connectivity index (χ2v) is 8.52. The zero-order chi connectivity index (χ0) is 27.4. The topological polar surface area (TPSA) is 136 Å².